The highest BCUT2D eigenvalue weighted by Crippen LogP contribution is 2.33. The molecule has 0 radical (unpaired) electrons. The molecule has 1 aliphatic rings. The van der Waals surface area contributed by atoms with Crippen molar-refractivity contribution >= 4 is 51.2 Å². The van der Waals surface area contributed by atoms with Gasteiger partial charge in [-0.25, -0.2) is 4.98 Å². The van der Waals surface area contributed by atoms with Crippen molar-refractivity contribution in [3.63, 3.8) is 0 Å². The number of aromatic nitrogens is 3. The van der Waals surface area contributed by atoms with Gasteiger partial charge >= 0.3 is 0 Å². The highest BCUT2D eigenvalue weighted by atomic mass is 35.5. The van der Waals surface area contributed by atoms with Gasteiger partial charge in [0.25, 0.3) is 11.8 Å². The minimum Gasteiger partial charge on any atom is -0.476 e. The van der Waals surface area contributed by atoms with Gasteiger partial charge in [0, 0.05) is 30.9 Å². The van der Waals surface area contributed by atoms with Crippen LogP contribution in [0.5, 0.6) is 5.75 Å². The molecule has 0 N–H and O–H groups in total. The van der Waals surface area contributed by atoms with Gasteiger partial charge in [-0.1, -0.05) is 35.1 Å². The standard InChI is InChI=1S/C23H26ClN5O3S2/c1-4-29(22-27-25-14-34-22)20(30)17-13-33-19(26-17)15-9-11-28(12-10-15)21(31)23(2,3)32-18-8-6-5-7-16(18)24/h5-8,13-15H,4,9-12H2,1-3H3. The average Bonchev–Trinajstić information content (AvgIpc) is 3.53. The zero-order valence-electron chi connectivity index (χ0n) is 19.2. The number of carbonyl (C=O) groups excluding carboxylic acids is 2. The summed E-state index contributed by atoms with van der Waals surface area (Å²) in [4.78, 5) is 34.2. The van der Waals surface area contributed by atoms with Gasteiger partial charge < -0.3 is 9.64 Å². The summed E-state index contributed by atoms with van der Waals surface area (Å²) in [7, 11) is 0. The fourth-order valence-electron chi connectivity index (χ4n) is 3.92. The van der Waals surface area contributed by atoms with Gasteiger partial charge in [0.2, 0.25) is 5.13 Å². The molecule has 1 aliphatic heterocycles. The minimum atomic E-state index is -1.03. The number of halogens is 1. The van der Waals surface area contributed by atoms with Crippen LogP contribution in [-0.2, 0) is 4.79 Å². The Hall–Kier alpha value is -2.56. The minimum absolute atomic E-state index is 0.0727. The summed E-state index contributed by atoms with van der Waals surface area (Å²) in [5.74, 6) is 0.455. The van der Waals surface area contributed by atoms with Crippen LogP contribution < -0.4 is 9.64 Å². The quantitative estimate of drug-likeness (QED) is 0.442. The smallest absolute Gasteiger partial charge is 0.279 e. The van der Waals surface area contributed by atoms with E-state index in [0.717, 1.165) is 17.8 Å². The van der Waals surface area contributed by atoms with E-state index in [1.807, 2.05) is 24.0 Å². The van der Waals surface area contributed by atoms with Crippen molar-refractivity contribution in [2.75, 3.05) is 24.5 Å². The molecule has 1 saturated heterocycles. The average molecular weight is 520 g/mol. The number of rotatable bonds is 7. The molecule has 2 amide bonds. The number of para-hydroxylation sites is 1. The summed E-state index contributed by atoms with van der Waals surface area (Å²) in [6.45, 7) is 7.13. The van der Waals surface area contributed by atoms with Crippen molar-refractivity contribution in [3.05, 3.63) is 50.9 Å². The van der Waals surface area contributed by atoms with Gasteiger partial charge in [-0.3, -0.25) is 14.5 Å². The van der Waals surface area contributed by atoms with Crippen LogP contribution in [0, 0.1) is 0 Å². The van der Waals surface area contributed by atoms with Crippen molar-refractivity contribution in [3.8, 4) is 5.75 Å². The lowest BCUT2D eigenvalue weighted by atomic mass is 9.96. The maximum atomic E-state index is 13.2. The van der Waals surface area contributed by atoms with E-state index < -0.39 is 5.60 Å². The van der Waals surface area contributed by atoms with Crippen LogP contribution >= 0.6 is 34.3 Å². The van der Waals surface area contributed by atoms with Gasteiger partial charge in [0.15, 0.2) is 5.60 Å². The lowest BCUT2D eigenvalue weighted by Crippen LogP contribution is -2.51. The van der Waals surface area contributed by atoms with E-state index in [9.17, 15) is 9.59 Å². The molecular weight excluding hydrogens is 494 g/mol. The number of nitrogens with zero attached hydrogens (tertiary/aromatic N) is 5. The largest absolute Gasteiger partial charge is 0.476 e. The molecule has 2 aromatic heterocycles. The van der Waals surface area contributed by atoms with Crippen LogP contribution in [0.15, 0.2) is 35.2 Å². The first-order chi connectivity index (χ1) is 16.3. The number of likely N-dealkylation sites (tertiary alicyclic amines) is 1. The van der Waals surface area contributed by atoms with E-state index in [1.54, 1.807) is 41.8 Å². The summed E-state index contributed by atoms with van der Waals surface area (Å²) in [6, 6.07) is 7.15. The van der Waals surface area contributed by atoms with Crippen LogP contribution in [-0.4, -0.2) is 57.1 Å². The summed E-state index contributed by atoms with van der Waals surface area (Å²) in [6.07, 6.45) is 1.56. The number of benzene rings is 1. The molecule has 34 heavy (non-hydrogen) atoms. The highest BCUT2D eigenvalue weighted by molar-refractivity contribution is 7.13. The van der Waals surface area contributed by atoms with E-state index >= 15 is 0 Å². The molecule has 0 aliphatic carbocycles. The lowest BCUT2D eigenvalue weighted by Gasteiger charge is -2.36. The molecule has 0 bridgehead atoms. The van der Waals surface area contributed by atoms with Gasteiger partial charge in [0.05, 0.1) is 10.0 Å². The summed E-state index contributed by atoms with van der Waals surface area (Å²) in [5.41, 5.74) is 0.991. The molecule has 180 valence electrons. The van der Waals surface area contributed by atoms with Crippen LogP contribution in [0.1, 0.15) is 55.0 Å². The fourth-order valence-corrected chi connectivity index (χ4v) is 5.68. The summed E-state index contributed by atoms with van der Waals surface area (Å²) < 4.78 is 5.97. The second-order valence-corrected chi connectivity index (χ2v) is 10.6. The number of hydrogen-bond donors (Lipinski definition) is 0. The van der Waals surface area contributed by atoms with Crippen molar-refractivity contribution in [1.29, 1.82) is 0 Å². The van der Waals surface area contributed by atoms with Crippen LogP contribution in [0.25, 0.3) is 0 Å². The van der Waals surface area contributed by atoms with E-state index in [0.29, 0.717) is 41.2 Å². The Morgan fingerprint density at radius 3 is 2.62 bits per heavy atom. The number of piperidine rings is 1. The maximum Gasteiger partial charge on any atom is 0.279 e. The van der Waals surface area contributed by atoms with E-state index in [4.69, 9.17) is 16.3 Å². The Balaban J connectivity index is 1.37. The van der Waals surface area contributed by atoms with Gasteiger partial charge in [0.1, 0.15) is 17.0 Å². The van der Waals surface area contributed by atoms with E-state index in [-0.39, 0.29) is 17.7 Å². The normalized spacial score (nSPS) is 14.8. The molecule has 1 fully saturated rings. The van der Waals surface area contributed by atoms with E-state index in [2.05, 4.69) is 15.2 Å². The maximum absolute atomic E-state index is 13.2. The molecule has 11 heteroatoms. The molecule has 0 atom stereocenters. The number of carbonyl (C=O) groups is 2. The lowest BCUT2D eigenvalue weighted by molar-refractivity contribution is -0.146. The van der Waals surface area contributed by atoms with E-state index in [1.165, 1.54) is 22.7 Å². The van der Waals surface area contributed by atoms with Crippen molar-refractivity contribution < 1.29 is 14.3 Å². The Morgan fingerprint density at radius 1 is 1.24 bits per heavy atom. The third kappa shape index (κ3) is 5.24. The molecule has 3 aromatic rings. The third-order valence-electron chi connectivity index (χ3n) is 5.73. The zero-order valence-corrected chi connectivity index (χ0v) is 21.6. The van der Waals surface area contributed by atoms with Crippen LogP contribution in [0.4, 0.5) is 5.13 Å². The topological polar surface area (TPSA) is 88.5 Å². The first-order valence-corrected chi connectivity index (χ1v) is 13.2. The van der Waals surface area contributed by atoms with Gasteiger partial charge in [-0.2, -0.15) is 0 Å². The molecule has 4 rings (SSSR count). The molecule has 0 spiro atoms. The van der Waals surface area contributed by atoms with Crippen LogP contribution in [0.2, 0.25) is 5.02 Å². The second kappa shape index (κ2) is 10.4. The van der Waals surface area contributed by atoms with Crippen molar-refractivity contribution in [1.82, 2.24) is 20.1 Å². The zero-order chi connectivity index (χ0) is 24.3. The Morgan fingerprint density at radius 2 is 1.97 bits per heavy atom. The van der Waals surface area contributed by atoms with Crippen molar-refractivity contribution in [2.24, 2.45) is 0 Å². The summed E-state index contributed by atoms with van der Waals surface area (Å²) >= 11 is 9.02. The first-order valence-electron chi connectivity index (χ1n) is 11.1. The monoisotopic (exact) mass is 519 g/mol. The van der Waals surface area contributed by atoms with Crippen molar-refractivity contribution in [2.45, 2.75) is 45.1 Å². The van der Waals surface area contributed by atoms with Gasteiger partial charge in [-0.15, -0.1) is 21.5 Å². The summed E-state index contributed by atoms with van der Waals surface area (Å²) in [5, 5.41) is 11.6. The predicted octanol–water partition coefficient (Wildman–Crippen LogP) is 4.88. The second-order valence-electron chi connectivity index (χ2n) is 8.45. The molecule has 3 heterocycles. The highest BCUT2D eigenvalue weighted by Gasteiger charge is 2.37. The molecule has 0 saturated carbocycles. The number of amides is 2. The SMILES string of the molecule is CCN(C(=O)c1csc(C2CCN(C(=O)C(C)(C)Oc3ccccc3Cl)CC2)n1)c1nncs1. The molecule has 8 nitrogen and oxygen atoms in total. The first kappa shape index (κ1) is 24.6. The number of anilines is 1. The molecule has 1 aromatic carbocycles. The Kier molecular flexibility index (Phi) is 7.49. The fraction of sp³-hybridized carbons (Fsp3) is 0.435. The number of hydrogen-bond acceptors (Lipinski definition) is 8. The Bertz CT molecular complexity index is 1140. The number of ether oxygens (including phenoxy) is 1. The number of thiazole rings is 1. The predicted molar refractivity (Wildman–Crippen MR) is 134 cm³/mol. The molecular formula is C23H26ClN5O3S2. The molecule has 0 unspecified atom stereocenters. The van der Waals surface area contributed by atoms with Crippen LogP contribution in [0.3, 0.4) is 0 Å². The van der Waals surface area contributed by atoms with Gasteiger partial charge in [-0.05, 0) is 45.7 Å². The third-order valence-corrected chi connectivity index (χ3v) is 7.76. The Labute approximate surface area is 211 Å².